The van der Waals surface area contributed by atoms with Gasteiger partial charge < -0.3 is 9.67 Å². The summed E-state index contributed by atoms with van der Waals surface area (Å²) < 4.78 is 15.2. The van der Waals surface area contributed by atoms with E-state index in [-0.39, 0.29) is 18.4 Å². The van der Waals surface area contributed by atoms with E-state index in [1.165, 1.54) is 31.2 Å². The molecule has 1 fully saturated rings. The van der Waals surface area contributed by atoms with Crippen LogP contribution < -0.4 is 5.32 Å². The first-order valence-electron chi connectivity index (χ1n) is 9.29. The van der Waals surface area contributed by atoms with Crippen LogP contribution in [-0.2, 0) is 10.4 Å². The van der Waals surface area contributed by atoms with Gasteiger partial charge in [-0.2, -0.15) is 0 Å². The average molecular weight is 402 g/mol. The van der Waals surface area contributed by atoms with Gasteiger partial charge in [-0.1, -0.05) is 23.7 Å². The molecule has 1 atom stereocenters. The number of carbonyl (C=O) groups is 1. The maximum atomic E-state index is 13.1. The van der Waals surface area contributed by atoms with Crippen molar-refractivity contribution in [3.05, 3.63) is 58.9 Å². The molecule has 2 aromatic carbocycles. The number of aliphatic hydroxyl groups is 1. The highest BCUT2D eigenvalue weighted by Gasteiger charge is 2.29. The van der Waals surface area contributed by atoms with Crippen molar-refractivity contribution in [2.75, 3.05) is 5.32 Å². The molecular weight excluding hydrogens is 381 g/mol. The Kier molecular flexibility index (Phi) is 4.85. The van der Waals surface area contributed by atoms with Crippen LogP contribution in [0.5, 0.6) is 0 Å². The van der Waals surface area contributed by atoms with Gasteiger partial charge in [0.2, 0.25) is 11.9 Å². The molecular formula is C21H21ClFN3O2. The third-order valence-corrected chi connectivity index (χ3v) is 5.55. The smallest absolute Gasteiger partial charge is 0.229 e. The fourth-order valence-corrected chi connectivity index (χ4v) is 3.73. The second-order valence-electron chi connectivity index (χ2n) is 7.53. The van der Waals surface area contributed by atoms with E-state index in [9.17, 15) is 14.3 Å². The second-order valence-corrected chi connectivity index (χ2v) is 7.97. The average Bonchev–Trinajstić information content (AvgIpc) is 2.90. The summed E-state index contributed by atoms with van der Waals surface area (Å²) in [4.78, 5) is 17.2. The van der Waals surface area contributed by atoms with Gasteiger partial charge in [-0.05, 0) is 62.1 Å². The van der Waals surface area contributed by atoms with E-state index in [0.29, 0.717) is 16.5 Å². The van der Waals surface area contributed by atoms with E-state index in [2.05, 4.69) is 10.3 Å². The van der Waals surface area contributed by atoms with Crippen LogP contribution in [0.2, 0.25) is 5.02 Å². The Morgan fingerprint density at radius 1 is 1.32 bits per heavy atom. The molecule has 1 aliphatic rings. The summed E-state index contributed by atoms with van der Waals surface area (Å²) in [5.41, 5.74) is 0.701. The molecule has 0 spiro atoms. The molecule has 0 radical (unpaired) electrons. The number of benzene rings is 2. The Bertz CT molecular complexity index is 1030. The number of carbonyl (C=O) groups excluding carboxylic acids is 1. The van der Waals surface area contributed by atoms with Crippen LogP contribution in [-0.4, -0.2) is 20.6 Å². The fourth-order valence-electron chi connectivity index (χ4n) is 3.56. The number of hydrogen-bond donors (Lipinski definition) is 2. The van der Waals surface area contributed by atoms with Crippen LogP contribution in [0.25, 0.3) is 11.0 Å². The first kappa shape index (κ1) is 18.9. The SMILES string of the molecule is CC(O)(CC(=O)Nc1nc2ccc(Cl)cc2n1C1CCC1)c1ccc(F)cc1. The first-order chi connectivity index (χ1) is 13.3. The van der Waals surface area contributed by atoms with Gasteiger partial charge in [-0.3, -0.25) is 10.1 Å². The monoisotopic (exact) mass is 401 g/mol. The molecule has 146 valence electrons. The molecule has 0 aliphatic heterocycles. The number of anilines is 1. The number of hydrogen-bond acceptors (Lipinski definition) is 3. The molecule has 1 aliphatic carbocycles. The quantitative estimate of drug-likeness (QED) is 0.645. The minimum absolute atomic E-state index is 0.173. The van der Waals surface area contributed by atoms with Gasteiger partial charge >= 0.3 is 0 Å². The standard InChI is InChI=1S/C21H21ClFN3O2/c1-21(28,13-5-8-15(23)9-6-13)12-19(27)25-20-24-17-10-7-14(22)11-18(17)26(20)16-3-2-4-16/h5-11,16,28H,2-4,12H2,1H3,(H,24,25,27). The summed E-state index contributed by atoms with van der Waals surface area (Å²) >= 11 is 6.15. The minimum atomic E-state index is -1.42. The number of nitrogens with zero attached hydrogens (tertiary/aromatic N) is 2. The van der Waals surface area contributed by atoms with Crippen LogP contribution in [0, 0.1) is 5.82 Å². The summed E-state index contributed by atoms with van der Waals surface area (Å²) in [5.74, 6) is -0.296. The zero-order chi connectivity index (χ0) is 19.9. The molecule has 1 unspecified atom stereocenters. The van der Waals surface area contributed by atoms with E-state index in [4.69, 9.17) is 11.6 Å². The maximum Gasteiger partial charge on any atom is 0.229 e. The Labute approximate surface area is 167 Å². The van der Waals surface area contributed by atoms with E-state index < -0.39 is 11.4 Å². The molecule has 0 bridgehead atoms. The predicted octanol–water partition coefficient (Wildman–Crippen LogP) is 4.79. The molecule has 3 aromatic rings. The highest BCUT2D eigenvalue weighted by molar-refractivity contribution is 6.31. The summed E-state index contributed by atoms with van der Waals surface area (Å²) in [5, 5.41) is 14.2. The van der Waals surface area contributed by atoms with Gasteiger partial charge in [0.1, 0.15) is 5.82 Å². The van der Waals surface area contributed by atoms with Crippen molar-refractivity contribution in [1.82, 2.24) is 9.55 Å². The van der Waals surface area contributed by atoms with Gasteiger partial charge in [-0.15, -0.1) is 0 Å². The Morgan fingerprint density at radius 2 is 2.04 bits per heavy atom. The number of fused-ring (bicyclic) bond motifs is 1. The zero-order valence-electron chi connectivity index (χ0n) is 15.5. The molecule has 1 heterocycles. The minimum Gasteiger partial charge on any atom is -0.385 e. The molecule has 5 nitrogen and oxygen atoms in total. The largest absolute Gasteiger partial charge is 0.385 e. The molecule has 1 aromatic heterocycles. The van der Waals surface area contributed by atoms with Crippen molar-refractivity contribution in [3.8, 4) is 0 Å². The second kappa shape index (κ2) is 7.18. The van der Waals surface area contributed by atoms with Crippen molar-refractivity contribution >= 4 is 34.5 Å². The molecule has 28 heavy (non-hydrogen) atoms. The van der Waals surface area contributed by atoms with E-state index in [1.807, 2.05) is 16.7 Å². The highest BCUT2D eigenvalue weighted by Crippen LogP contribution is 2.38. The van der Waals surface area contributed by atoms with Crippen molar-refractivity contribution in [2.24, 2.45) is 0 Å². The van der Waals surface area contributed by atoms with Gasteiger partial charge in [0.25, 0.3) is 0 Å². The van der Waals surface area contributed by atoms with Crippen LogP contribution in [0.15, 0.2) is 42.5 Å². The molecule has 2 N–H and O–H groups in total. The van der Waals surface area contributed by atoms with Crippen molar-refractivity contribution in [1.29, 1.82) is 0 Å². The molecule has 7 heteroatoms. The number of amides is 1. The van der Waals surface area contributed by atoms with Gasteiger partial charge in [0.15, 0.2) is 0 Å². The number of rotatable bonds is 5. The molecule has 1 saturated carbocycles. The lowest BCUT2D eigenvalue weighted by atomic mass is 9.92. The number of imidazole rings is 1. The van der Waals surface area contributed by atoms with E-state index in [0.717, 1.165) is 30.3 Å². The fraction of sp³-hybridized carbons (Fsp3) is 0.333. The van der Waals surface area contributed by atoms with Gasteiger partial charge in [0, 0.05) is 11.1 Å². The van der Waals surface area contributed by atoms with Crippen LogP contribution in [0.4, 0.5) is 10.3 Å². The van der Waals surface area contributed by atoms with Gasteiger partial charge in [0.05, 0.1) is 23.1 Å². The first-order valence-corrected chi connectivity index (χ1v) is 9.67. The summed E-state index contributed by atoms with van der Waals surface area (Å²) in [7, 11) is 0. The lowest BCUT2D eigenvalue weighted by molar-refractivity contribution is -0.120. The van der Waals surface area contributed by atoms with Crippen LogP contribution in [0.3, 0.4) is 0 Å². The van der Waals surface area contributed by atoms with Crippen molar-refractivity contribution in [3.63, 3.8) is 0 Å². The third-order valence-electron chi connectivity index (χ3n) is 5.31. The lowest BCUT2D eigenvalue weighted by Gasteiger charge is -2.29. The Hall–Kier alpha value is -2.44. The Morgan fingerprint density at radius 3 is 2.68 bits per heavy atom. The van der Waals surface area contributed by atoms with Crippen molar-refractivity contribution in [2.45, 2.75) is 44.2 Å². The number of nitrogens with one attached hydrogen (secondary N) is 1. The molecule has 0 saturated heterocycles. The van der Waals surface area contributed by atoms with Gasteiger partial charge in [-0.25, -0.2) is 9.37 Å². The number of halogens is 2. The topological polar surface area (TPSA) is 67.2 Å². The van der Waals surface area contributed by atoms with Crippen LogP contribution >= 0.6 is 11.6 Å². The van der Waals surface area contributed by atoms with Crippen LogP contribution in [0.1, 0.15) is 44.2 Å². The van der Waals surface area contributed by atoms with E-state index >= 15 is 0 Å². The predicted molar refractivity (Wildman–Crippen MR) is 107 cm³/mol. The Balaban J connectivity index is 1.59. The highest BCUT2D eigenvalue weighted by atomic mass is 35.5. The maximum absolute atomic E-state index is 13.1. The summed E-state index contributed by atoms with van der Waals surface area (Å²) in [6.45, 7) is 1.54. The van der Waals surface area contributed by atoms with E-state index in [1.54, 1.807) is 6.07 Å². The summed E-state index contributed by atoms with van der Waals surface area (Å²) in [6, 6.07) is 11.2. The van der Waals surface area contributed by atoms with Crippen molar-refractivity contribution < 1.29 is 14.3 Å². The number of aromatic nitrogens is 2. The zero-order valence-corrected chi connectivity index (χ0v) is 16.2. The summed E-state index contributed by atoms with van der Waals surface area (Å²) in [6.07, 6.45) is 3.01. The molecule has 1 amide bonds. The lowest BCUT2D eigenvalue weighted by Crippen LogP contribution is -2.30. The third kappa shape index (κ3) is 3.62. The molecule has 4 rings (SSSR count). The normalized spacial score (nSPS) is 16.6.